The number of likely N-dealkylation sites (tertiary alicyclic amines) is 1. The van der Waals surface area contributed by atoms with E-state index in [1.807, 2.05) is 36.1 Å². The van der Waals surface area contributed by atoms with Crippen molar-refractivity contribution in [3.8, 4) is 0 Å². The Bertz CT molecular complexity index is 476. The summed E-state index contributed by atoms with van der Waals surface area (Å²) in [7, 11) is 0. The van der Waals surface area contributed by atoms with Crippen molar-refractivity contribution in [2.24, 2.45) is 0 Å². The maximum atomic E-state index is 12.2. The number of amides is 2. The topological polar surface area (TPSA) is 49.4 Å². The largest absolute Gasteiger partial charge is 0.342 e. The molecule has 1 fully saturated rings. The summed E-state index contributed by atoms with van der Waals surface area (Å²) in [5.74, 6) is 0.243. The molecular weight excluding hydrogens is 264 g/mol. The van der Waals surface area contributed by atoms with Gasteiger partial charge in [0.2, 0.25) is 11.8 Å². The van der Waals surface area contributed by atoms with Gasteiger partial charge in [0.15, 0.2) is 0 Å². The lowest BCUT2D eigenvalue weighted by molar-refractivity contribution is -0.131. The van der Waals surface area contributed by atoms with Gasteiger partial charge < -0.3 is 10.2 Å². The van der Waals surface area contributed by atoms with Crippen LogP contribution in [0, 0.1) is 0 Å². The molecule has 1 aromatic rings. The van der Waals surface area contributed by atoms with E-state index in [-0.39, 0.29) is 11.8 Å². The van der Waals surface area contributed by atoms with Gasteiger partial charge in [-0.05, 0) is 43.4 Å². The number of rotatable bonds is 5. The van der Waals surface area contributed by atoms with Crippen LogP contribution < -0.4 is 5.32 Å². The average molecular weight is 288 g/mol. The lowest BCUT2D eigenvalue weighted by Gasteiger charge is -2.26. The third-order valence-electron chi connectivity index (χ3n) is 3.78. The molecule has 0 bridgehead atoms. The predicted molar refractivity (Wildman–Crippen MR) is 84.1 cm³/mol. The Kier molecular flexibility index (Phi) is 5.78. The summed E-state index contributed by atoms with van der Waals surface area (Å²) >= 11 is 0. The Labute approximate surface area is 126 Å². The molecule has 1 N–H and O–H groups in total. The third kappa shape index (κ3) is 4.88. The highest BCUT2D eigenvalue weighted by Crippen LogP contribution is 2.14. The van der Waals surface area contributed by atoms with Gasteiger partial charge in [-0.1, -0.05) is 19.1 Å². The van der Waals surface area contributed by atoms with Crippen LogP contribution in [0.15, 0.2) is 24.3 Å². The maximum Gasteiger partial charge on any atom is 0.226 e. The molecule has 0 saturated carbocycles. The molecular formula is C17H24N2O2. The van der Waals surface area contributed by atoms with Crippen molar-refractivity contribution in [3.05, 3.63) is 29.8 Å². The molecule has 0 aromatic heterocycles. The van der Waals surface area contributed by atoms with E-state index in [0.29, 0.717) is 12.8 Å². The normalized spacial score (nSPS) is 14.8. The zero-order chi connectivity index (χ0) is 15.1. The summed E-state index contributed by atoms with van der Waals surface area (Å²) in [4.78, 5) is 25.6. The quantitative estimate of drug-likeness (QED) is 0.905. The van der Waals surface area contributed by atoms with Crippen LogP contribution in [0.1, 0.15) is 44.6 Å². The maximum absolute atomic E-state index is 12.2. The van der Waals surface area contributed by atoms with Crippen molar-refractivity contribution in [1.29, 1.82) is 0 Å². The van der Waals surface area contributed by atoms with Crippen LogP contribution in [0.25, 0.3) is 0 Å². The van der Waals surface area contributed by atoms with E-state index >= 15 is 0 Å². The zero-order valence-electron chi connectivity index (χ0n) is 12.7. The summed E-state index contributed by atoms with van der Waals surface area (Å²) in [6.07, 6.45) is 5.30. The molecule has 1 heterocycles. The lowest BCUT2D eigenvalue weighted by atomic mass is 10.1. The number of anilines is 1. The molecule has 1 aliphatic rings. The monoisotopic (exact) mass is 288 g/mol. The Hall–Kier alpha value is -1.84. The van der Waals surface area contributed by atoms with Crippen LogP contribution in [-0.2, 0) is 16.0 Å². The van der Waals surface area contributed by atoms with Gasteiger partial charge in [0, 0.05) is 25.2 Å². The second-order valence-corrected chi connectivity index (χ2v) is 5.61. The molecule has 1 aliphatic heterocycles. The van der Waals surface area contributed by atoms with Crippen LogP contribution >= 0.6 is 0 Å². The summed E-state index contributed by atoms with van der Waals surface area (Å²) in [6.45, 7) is 3.77. The fraction of sp³-hybridized carbons (Fsp3) is 0.529. The van der Waals surface area contributed by atoms with Crippen molar-refractivity contribution in [3.63, 3.8) is 0 Å². The zero-order valence-corrected chi connectivity index (χ0v) is 12.7. The summed E-state index contributed by atoms with van der Waals surface area (Å²) < 4.78 is 0. The van der Waals surface area contributed by atoms with Gasteiger partial charge in [0.05, 0.1) is 6.42 Å². The SMILES string of the molecule is CCCC(=O)Nc1ccc(CC(=O)N2CCCCC2)cc1. The second kappa shape index (κ2) is 7.81. The molecule has 0 spiro atoms. The smallest absolute Gasteiger partial charge is 0.226 e. The number of hydrogen-bond donors (Lipinski definition) is 1. The first kappa shape index (κ1) is 15.5. The van der Waals surface area contributed by atoms with E-state index in [9.17, 15) is 9.59 Å². The lowest BCUT2D eigenvalue weighted by Crippen LogP contribution is -2.36. The van der Waals surface area contributed by atoms with E-state index in [4.69, 9.17) is 0 Å². The van der Waals surface area contributed by atoms with Crippen LogP contribution in [0.4, 0.5) is 5.69 Å². The molecule has 4 nitrogen and oxygen atoms in total. The molecule has 2 rings (SSSR count). The van der Waals surface area contributed by atoms with Gasteiger partial charge in [-0.3, -0.25) is 9.59 Å². The molecule has 0 unspecified atom stereocenters. The number of piperidine rings is 1. The molecule has 1 aromatic carbocycles. The Morgan fingerprint density at radius 3 is 2.38 bits per heavy atom. The fourth-order valence-corrected chi connectivity index (χ4v) is 2.59. The van der Waals surface area contributed by atoms with E-state index in [0.717, 1.165) is 43.6 Å². The number of benzene rings is 1. The van der Waals surface area contributed by atoms with Gasteiger partial charge in [-0.15, -0.1) is 0 Å². The Balaban J connectivity index is 1.86. The van der Waals surface area contributed by atoms with Crippen molar-refractivity contribution in [2.45, 2.75) is 45.4 Å². The van der Waals surface area contributed by atoms with E-state index in [1.54, 1.807) is 0 Å². The fourth-order valence-electron chi connectivity index (χ4n) is 2.59. The first-order valence-electron chi connectivity index (χ1n) is 7.85. The molecule has 4 heteroatoms. The summed E-state index contributed by atoms with van der Waals surface area (Å²) in [6, 6.07) is 7.57. The Morgan fingerprint density at radius 2 is 1.76 bits per heavy atom. The molecule has 0 radical (unpaired) electrons. The first-order chi connectivity index (χ1) is 10.2. The van der Waals surface area contributed by atoms with Crippen LogP contribution in [0.2, 0.25) is 0 Å². The minimum Gasteiger partial charge on any atom is -0.342 e. The van der Waals surface area contributed by atoms with Crippen molar-refractivity contribution < 1.29 is 9.59 Å². The van der Waals surface area contributed by atoms with Gasteiger partial charge >= 0.3 is 0 Å². The highest BCUT2D eigenvalue weighted by Gasteiger charge is 2.16. The summed E-state index contributed by atoms with van der Waals surface area (Å²) in [5.41, 5.74) is 1.79. The highest BCUT2D eigenvalue weighted by atomic mass is 16.2. The van der Waals surface area contributed by atoms with Crippen LogP contribution in [0.5, 0.6) is 0 Å². The number of hydrogen-bond acceptors (Lipinski definition) is 2. The standard InChI is InChI=1S/C17H24N2O2/c1-2-6-16(20)18-15-9-7-14(8-10-15)13-17(21)19-11-4-3-5-12-19/h7-10H,2-6,11-13H2,1H3,(H,18,20). The first-order valence-corrected chi connectivity index (χ1v) is 7.85. The van der Waals surface area contributed by atoms with Gasteiger partial charge in [-0.25, -0.2) is 0 Å². The van der Waals surface area contributed by atoms with E-state index < -0.39 is 0 Å². The second-order valence-electron chi connectivity index (χ2n) is 5.61. The summed E-state index contributed by atoms with van der Waals surface area (Å²) in [5, 5.41) is 2.85. The van der Waals surface area contributed by atoms with E-state index in [2.05, 4.69) is 5.32 Å². The molecule has 0 aliphatic carbocycles. The molecule has 0 atom stereocenters. The average Bonchev–Trinajstić information content (AvgIpc) is 2.50. The number of nitrogens with zero attached hydrogens (tertiary/aromatic N) is 1. The highest BCUT2D eigenvalue weighted by molar-refractivity contribution is 5.90. The Morgan fingerprint density at radius 1 is 1.10 bits per heavy atom. The number of carbonyl (C=O) groups excluding carboxylic acids is 2. The number of nitrogens with one attached hydrogen (secondary N) is 1. The van der Waals surface area contributed by atoms with Gasteiger partial charge in [0.1, 0.15) is 0 Å². The minimum atomic E-state index is 0.0367. The third-order valence-corrected chi connectivity index (χ3v) is 3.78. The van der Waals surface area contributed by atoms with Gasteiger partial charge in [-0.2, -0.15) is 0 Å². The predicted octanol–water partition coefficient (Wildman–Crippen LogP) is 2.98. The van der Waals surface area contributed by atoms with Crippen molar-refractivity contribution >= 4 is 17.5 Å². The minimum absolute atomic E-state index is 0.0367. The molecule has 1 saturated heterocycles. The molecule has 2 amide bonds. The van der Waals surface area contributed by atoms with Crippen molar-refractivity contribution in [1.82, 2.24) is 4.90 Å². The molecule has 21 heavy (non-hydrogen) atoms. The van der Waals surface area contributed by atoms with Crippen LogP contribution in [0.3, 0.4) is 0 Å². The molecule has 114 valence electrons. The van der Waals surface area contributed by atoms with Crippen molar-refractivity contribution in [2.75, 3.05) is 18.4 Å². The van der Waals surface area contributed by atoms with Gasteiger partial charge in [0.25, 0.3) is 0 Å². The van der Waals surface area contributed by atoms with E-state index in [1.165, 1.54) is 6.42 Å². The number of carbonyl (C=O) groups is 2. The van der Waals surface area contributed by atoms with Crippen LogP contribution in [-0.4, -0.2) is 29.8 Å².